The van der Waals surface area contributed by atoms with Gasteiger partial charge in [-0.2, -0.15) is 0 Å². The van der Waals surface area contributed by atoms with E-state index >= 15 is 0 Å². The maximum atomic E-state index is 13.2. The summed E-state index contributed by atoms with van der Waals surface area (Å²) in [4.78, 5) is 27.8. The van der Waals surface area contributed by atoms with E-state index in [0.717, 1.165) is 16.9 Å². The van der Waals surface area contributed by atoms with E-state index in [4.69, 9.17) is 21.1 Å². The number of ether oxygens (including phenoxy) is 2. The lowest BCUT2D eigenvalue weighted by molar-refractivity contribution is -0.143. The first-order chi connectivity index (χ1) is 15.0. The third-order valence-electron chi connectivity index (χ3n) is 4.89. The van der Waals surface area contributed by atoms with Crippen LogP contribution in [0.2, 0.25) is 5.02 Å². The molecule has 0 spiro atoms. The number of rotatable bonds is 9. The van der Waals surface area contributed by atoms with E-state index in [1.165, 1.54) is 0 Å². The van der Waals surface area contributed by atoms with E-state index in [9.17, 15) is 9.59 Å². The zero-order valence-electron chi connectivity index (χ0n) is 19.7. The van der Waals surface area contributed by atoms with Gasteiger partial charge in [-0.05, 0) is 75.6 Å². The molecule has 1 atom stereocenters. The van der Waals surface area contributed by atoms with Gasteiger partial charge >= 0.3 is 0 Å². The summed E-state index contributed by atoms with van der Waals surface area (Å²) in [5.74, 6) is 0.816. The second-order valence-corrected chi connectivity index (χ2v) is 9.14. The van der Waals surface area contributed by atoms with Gasteiger partial charge in [0.05, 0.1) is 7.11 Å². The first-order valence-electron chi connectivity index (χ1n) is 10.7. The standard InChI is InChI=1S/C25H33ClN2O4/c1-7-22(24(30)27-25(3,4)5)28(15-18-8-10-19(31-6)11-9-18)23(29)16-32-20-12-13-21(26)17(2)14-20/h8-14,22H,7,15-16H2,1-6H3,(H,27,30). The van der Waals surface area contributed by atoms with Crippen molar-refractivity contribution in [3.63, 3.8) is 0 Å². The molecule has 32 heavy (non-hydrogen) atoms. The van der Waals surface area contributed by atoms with Gasteiger partial charge in [0.15, 0.2) is 6.61 Å². The molecule has 0 heterocycles. The maximum absolute atomic E-state index is 13.2. The monoisotopic (exact) mass is 460 g/mol. The fourth-order valence-electron chi connectivity index (χ4n) is 3.24. The normalized spacial score (nSPS) is 12.1. The topological polar surface area (TPSA) is 67.9 Å². The number of carbonyl (C=O) groups excluding carboxylic acids is 2. The summed E-state index contributed by atoms with van der Waals surface area (Å²) in [6.07, 6.45) is 0.476. The molecule has 2 aromatic carbocycles. The second kappa shape index (κ2) is 11.2. The molecule has 0 radical (unpaired) electrons. The number of benzene rings is 2. The van der Waals surface area contributed by atoms with Crippen LogP contribution < -0.4 is 14.8 Å². The molecule has 1 N–H and O–H groups in total. The molecule has 2 rings (SSSR count). The number of halogens is 1. The van der Waals surface area contributed by atoms with Crippen LogP contribution in [0.25, 0.3) is 0 Å². The number of amides is 2. The number of hydrogen-bond acceptors (Lipinski definition) is 4. The molecule has 0 aliphatic carbocycles. The minimum absolute atomic E-state index is 0.184. The fraction of sp³-hybridized carbons (Fsp3) is 0.440. The first kappa shape index (κ1) is 25.5. The predicted octanol–water partition coefficient (Wildman–Crippen LogP) is 4.76. The van der Waals surface area contributed by atoms with Crippen LogP contribution in [0, 0.1) is 6.92 Å². The Hall–Kier alpha value is -2.73. The zero-order valence-corrected chi connectivity index (χ0v) is 20.5. The molecular weight excluding hydrogens is 428 g/mol. The fourth-order valence-corrected chi connectivity index (χ4v) is 3.35. The minimum Gasteiger partial charge on any atom is -0.497 e. The van der Waals surface area contributed by atoms with E-state index in [0.29, 0.717) is 17.2 Å². The van der Waals surface area contributed by atoms with Gasteiger partial charge in [0.25, 0.3) is 5.91 Å². The maximum Gasteiger partial charge on any atom is 0.261 e. The molecule has 0 bridgehead atoms. The van der Waals surface area contributed by atoms with E-state index in [2.05, 4.69) is 5.32 Å². The van der Waals surface area contributed by atoms with E-state index in [1.807, 2.05) is 58.9 Å². The summed E-state index contributed by atoms with van der Waals surface area (Å²) in [5.41, 5.74) is 1.35. The van der Waals surface area contributed by atoms with Crippen molar-refractivity contribution in [3.05, 3.63) is 58.6 Å². The average molecular weight is 461 g/mol. The van der Waals surface area contributed by atoms with E-state index in [1.54, 1.807) is 30.2 Å². The van der Waals surface area contributed by atoms with Crippen molar-refractivity contribution in [2.24, 2.45) is 0 Å². The highest BCUT2D eigenvalue weighted by Crippen LogP contribution is 2.22. The molecule has 0 saturated heterocycles. The van der Waals surface area contributed by atoms with Gasteiger partial charge < -0.3 is 19.7 Å². The molecule has 6 nitrogen and oxygen atoms in total. The predicted molar refractivity (Wildman–Crippen MR) is 127 cm³/mol. The number of nitrogens with one attached hydrogen (secondary N) is 1. The third-order valence-corrected chi connectivity index (χ3v) is 5.31. The zero-order chi connectivity index (χ0) is 23.9. The van der Waals surface area contributed by atoms with Crippen LogP contribution >= 0.6 is 11.6 Å². The molecule has 0 saturated carbocycles. The van der Waals surface area contributed by atoms with Crippen LogP contribution in [-0.2, 0) is 16.1 Å². The number of hydrogen-bond donors (Lipinski definition) is 1. The Bertz CT molecular complexity index is 923. The van der Waals surface area contributed by atoms with Crippen molar-refractivity contribution in [1.29, 1.82) is 0 Å². The number of nitrogens with zero attached hydrogens (tertiary/aromatic N) is 1. The molecule has 174 valence electrons. The van der Waals surface area contributed by atoms with Crippen molar-refractivity contribution >= 4 is 23.4 Å². The second-order valence-electron chi connectivity index (χ2n) is 8.73. The Morgan fingerprint density at radius 2 is 1.72 bits per heavy atom. The Labute approximate surface area is 195 Å². The largest absolute Gasteiger partial charge is 0.497 e. The van der Waals surface area contributed by atoms with Crippen molar-refractivity contribution in [2.45, 2.75) is 59.2 Å². The highest BCUT2D eigenvalue weighted by atomic mass is 35.5. The summed E-state index contributed by atoms with van der Waals surface area (Å²) >= 11 is 6.07. The van der Waals surface area contributed by atoms with Crippen LogP contribution in [0.1, 0.15) is 45.2 Å². The average Bonchev–Trinajstić information content (AvgIpc) is 2.73. The molecule has 0 aliphatic heterocycles. The molecule has 2 aromatic rings. The van der Waals surface area contributed by atoms with Crippen LogP contribution in [0.5, 0.6) is 11.5 Å². The third kappa shape index (κ3) is 7.45. The highest BCUT2D eigenvalue weighted by Gasteiger charge is 2.30. The van der Waals surface area contributed by atoms with Crippen molar-refractivity contribution < 1.29 is 19.1 Å². The first-order valence-corrected chi connectivity index (χ1v) is 11.0. The molecular formula is C25H33ClN2O4. The number of aryl methyl sites for hydroxylation is 1. The van der Waals surface area contributed by atoms with Crippen molar-refractivity contribution in [3.8, 4) is 11.5 Å². The van der Waals surface area contributed by atoms with Gasteiger partial charge in [0, 0.05) is 17.1 Å². The quantitative estimate of drug-likeness (QED) is 0.586. The summed E-state index contributed by atoms with van der Waals surface area (Å²) in [6, 6.07) is 12.1. The van der Waals surface area contributed by atoms with Crippen LogP contribution in [-0.4, -0.2) is 42.0 Å². The Balaban J connectivity index is 2.24. The Kier molecular flexibility index (Phi) is 8.96. The highest BCUT2D eigenvalue weighted by molar-refractivity contribution is 6.31. The molecule has 1 unspecified atom stereocenters. The minimum atomic E-state index is -0.626. The molecule has 0 aliphatic rings. The van der Waals surface area contributed by atoms with Crippen molar-refractivity contribution in [2.75, 3.05) is 13.7 Å². The molecule has 7 heteroatoms. The number of carbonyl (C=O) groups is 2. The smallest absolute Gasteiger partial charge is 0.261 e. The molecule has 0 aromatic heterocycles. The van der Waals surface area contributed by atoms with E-state index < -0.39 is 11.6 Å². The van der Waals surface area contributed by atoms with Crippen molar-refractivity contribution in [1.82, 2.24) is 10.2 Å². The summed E-state index contributed by atoms with van der Waals surface area (Å²) in [5, 5.41) is 3.62. The van der Waals surface area contributed by atoms with Crippen LogP contribution in [0.4, 0.5) is 0 Å². The van der Waals surface area contributed by atoms with Gasteiger partial charge in [-0.3, -0.25) is 9.59 Å². The van der Waals surface area contributed by atoms with Gasteiger partial charge in [0.2, 0.25) is 5.91 Å². The van der Waals surface area contributed by atoms with Gasteiger partial charge in [-0.15, -0.1) is 0 Å². The summed E-state index contributed by atoms with van der Waals surface area (Å²) < 4.78 is 10.9. The van der Waals surface area contributed by atoms with E-state index in [-0.39, 0.29) is 25.0 Å². The lowest BCUT2D eigenvalue weighted by Crippen LogP contribution is -2.54. The summed E-state index contributed by atoms with van der Waals surface area (Å²) in [7, 11) is 1.60. The number of methoxy groups -OCH3 is 1. The Morgan fingerprint density at radius 3 is 2.25 bits per heavy atom. The van der Waals surface area contributed by atoms with Crippen LogP contribution in [0.3, 0.4) is 0 Å². The van der Waals surface area contributed by atoms with Gasteiger partial charge in [0.1, 0.15) is 17.5 Å². The summed E-state index contributed by atoms with van der Waals surface area (Å²) in [6.45, 7) is 9.61. The lowest BCUT2D eigenvalue weighted by atomic mass is 10.1. The molecule has 2 amide bonds. The van der Waals surface area contributed by atoms with Crippen LogP contribution in [0.15, 0.2) is 42.5 Å². The Morgan fingerprint density at radius 1 is 1.09 bits per heavy atom. The SMILES string of the molecule is CCC(C(=O)NC(C)(C)C)N(Cc1ccc(OC)cc1)C(=O)COc1ccc(Cl)c(C)c1. The molecule has 0 fully saturated rings. The van der Waals surface area contributed by atoms with Gasteiger partial charge in [-0.25, -0.2) is 0 Å². The van der Waals surface area contributed by atoms with Gasteiger partial charge in [-0.1, -0.05) is 30.7 Å². The lowest BCUT2D eigenvalue weighted by Gasteiger charge is -2.33.